The van der Waals surface area contributed by atoms with Crippen molar-refractivity contribution >= 4 is 5.78 Å². The van der Waals surface area contributed by atoms with Crippen molar-refractivity contribution in [2.24, 2.45) is 0 Å². The largest absolute Gasteiger partial charge is 0.292 e. The van der Waals surface area contributed by atoms with E-state index < -0.39 is 0 Å². The van der Waals surface area contributed by atoms with Crippen LogP contribution in [0.5, 0.6) is 0 Å². The third-order valence-electron chi connectivity index (χ3n) is 2.68. The number of hydrogen-bond acceptors (Lipinski definition) is 3. The lowest BCUT2D eigenvalue weighted by Gasteiger charge is -1.99. The molecule has 0 bridgehead atoms. The molecule has 0 fully saturated rings. The van der Waals surface area contributed by atoms with Gasteiger partial charge in [-0.2, -0.15) is 9.90 Å². The summed E-state index contributed by atoms with van der Waals surface area (Å²) in [6.07, 6.45) is 2.64. The fraction of sp³-hybridized carbons (Fsp3) is 0.214. The van der Waals surface area contributed by atoms with E-state index in [0.717, 1.165) is 17.7 Å². The first kappa shape index (κ1) is 12.2. The normalized spacial score (nSPS) is 10.3. The molecule has 0 saturated carbocycles. The van der Waals surface area contributed by atoms with Crippen LogP contribution in [0.25, 0.3) is 5.69 Å². The minimum Gasteiger partial charge on any atom is -0.292 e. The zero-order valence-electron chi connectivity index (χ0n) is 10.3. The maximum absolute atomic E-state index is 11.9. The molecule has 0 aliphatic heterocycles. The van der Waals surface area contributed by atoms with Gasteiger partial charge in [-0.15, -0.1) is 5.10 Å². The highest BCUT2D eigenvalue weighted by atomic mass is 16.1. The SMILES string of the molecule is C=C(CC)CC(=O)c1cnn(-c2ccccc2)n1. The molecule has 92 valence electrons. The summed E-state index contributed by atoms with van der Waals surface area (Å²) in [4.78, 5) is 13.3. The van der Waals surface area contributed by atoms with Crippen LogP contribution in [0, 0.1) is 0 Å². The smallest absolute Gasteiger partial charge is 0.188 e. The molecule has 0 amide bonds. The molecule has 0 spiro atoms. The van der Waals surface area contributed by atoms with E-state index in [1.807, 2.05) is 37.3 Å². The molecule has 0 saturated heterocycles. The Kier molecular flexibility index (Phi) is 3.67. The van der Waals surface area contributed by atoms with Crippen LogP contribution in [-0.2, 0) is 0 Å². The van der Waals surface area contributed by atoms with E-state index in [0.29, 0.717) is 12.1 Å². The summed E-state index contributed by atoms with van der Waals surface area (Å²) < 4.78 is 0. The number of carbonyl (C=O) groups is 1. The summed E-state index contributed by atoms with van der Waals surface area (Å²) >= 11 is 0. The molecule has 0 aliphatic rings. The molecule has 1 aromatic heterocycles. The number of carbonyl (C=O) groups excluding carboxylic acids is 1. The van der Waals surface area contributed by atoms with Gasteiger partial charge in [0, 0.05) is 6.42 Å². The average Bonchev–Trinajstić information content (AvgIpc) is 2.89. The number of ketones is 1. The van der Waals surface area contributed by atoms with Crippen LogP contribution in [-0.4, -0.2) is 20.8 Å². The van der Waals surface area contributed by atoms with Gasteiger partial charge >= 0.3 is 0 Å². The Balaban J connectivity index is 2.16. The predicted molar refractivity (Wildman–Crippen MR) is 69.7 cm³/mol. The first-order valence-corrected chi connectivity index (χ1v) is 5.88. The zero-order chi connectivity index (χ0) is 13.0. The van der Waals surface area contributed by atoms with Crippen molar-refractivity contribution in [1.82, 2.24) is 15.0 Å². The molecule has 4 heteroatoms. The molecule has 4 nitrogen and oxygen atoms in total. The van der Waals surface area contributed by atoms with Crippen molar-refractivity contribution < 1.29 is 4.79 Å². The van der Waals surface area contributed by atoms with Crippen molar-refractivity contribution in [3.63, 3.8) is 0 Å². The van der Waals surface area contributed by atoms with Crippen LogP contribution in [0.4, 0.5) is 0 Å². The molecule has 1 aromatic carbocycles. The topological polar surface area (TPSA) is 47.8 Å². The highest BCUT2D eigenvalue weighted by Crippen LogP contribution is 2.10. The Morgan fingerprint density at radius 1 is 1.33 bits per heavy atom. The monoisotopic (exact) mass is 241 g/mol. The van der Waals surface area contributed by atoms with Gasteiger partial charge < -0.3 is 0 Å². The summed E-state index contributed by atoms with van der Waals surface area (Å²) in [5.74, 6) is -0.0379. The molecule has 2 aromatic rings. The highest BCUT2D eigenvalue weighted by Gasteiger charge is 2.12. The molecule has 1 heterocycles. The lowest BCUT2D eigenvalue weighted by atomic mass is 10.1. The third-order valence-corrected chi connectivity index (χ3v) is 2.68. The van der Waals surface area contributed by atoms with Crippen LogP contribution in [0.3, 0.4) is 0 Å². The second-order valence-corrected chi connectivity index (χ2v) is 4.06. The fourth-order valence-electron chi connectivity index (χ4n) is 1.52. The Hall–Kier alpha value is -2.23. The van der Waals surface area contributed by atoms with Crippen molar-refractivity contribution in [1.29, 1.82) is 0 Å². The molecule has 0 aliphatic carbocycles. The average molecular weight is 241 g/mol. The van der Waals surface area contributed by atoms with Gasteiger partial charge in [0.1, 0.15) is 5.69 Å². The third kappa shape index (κ3) is 2.71. The summed E-state index contributed by atoms with van der Waals surface area (Å²) in [5.41, 5.74) is 2.13. The maximum atomic E-state index is 11.9. The van der Waals surface area contributed by atoms with Crippen molar-refractivity contribution in [3.05, 3.63) is 54.4 Å². The van der Waals surface area contributed by atoms with Gasteiger partial charge in [-0.3, -0.25) is 4.79 Å². The van der Waals surface area contributed by atoms with Crippen molar-refractivity contribution in [3.8, 4) is 5.69 Å². The maximum Gasteiger partial charge on any atom is 0.188 e. The van der Waals surface area contributed by atoms with Crippen molar-refractivity contribution in [2.45, 2.75) is 19.8 Å². The number of nitrogens with zero attached hydrogens (tertiary/aromatic N) is 3. The lowest BCUT2D eigenvalue weighted by Crippen LogP contribution is -2.03. The lowest BCUT2D eigenvalue weighted by molar-refractivity contribution is 0.0987. The number of rotatable bonds is 5. The van der Waals surface area contributed by atoms with Gasteiger partial charge in [0.25, 0.3) is 0 Å². The second kappa shape index (κ2) is 5.40. The van der Waals surface area contributed by atoms with E-state index in [-0.39, 0.29) is 5.78 Å². The zero-order valence-corrected chi connectivity index (χ0v) is 10.3. The predicted octanol–water partition coefficient (Wildman–Crippen LogP) is 2.81. The Labute approximate surface area is 106 Å². The molecule has 0 atom stereocenters. The Morgan fingerprint density at radius 3 is 2.72 bits per heavy atom. The molecule has 0 unspecified atom stereocenters. The first-order valence-electron chi connectivity index (χ1n) is 5.88. The van der Waals surface area contributed by atoms with Gasteiger partial charge in [-0.25, -0.2) is 0 Å². The summed E-state index contributed by atoms with van der Waals surface area (Å²) in [6.45, 7) is 5.81. The number of benzene rings is 1. The number of para-hydroxylation sites is 1. The van der Waals surface area contributed by atoms with Crippen LogP contribution >= 0.6 is 0 Å². The molecule has 2 rings (SSSR count). The first-order chi connectivity index (χ1) is 8.70. The molecule has 18 heavy (non-hydrogen) atoms. The van der Waals surface area contributed by atoms with E-state index in [1.165, 1.54) is 11.0 Å². The van der Waals surface area contributed by atoms with Gasteiger partial charge in [0.15, 0.2) is 5.78 Å². The van der Waals surface area contributed by atoms with Crippen LogP contribution in [0.1, 0.15) is 30.3 Å². The van der Waals surface area contributed by atoms with E-state index in [1.54, 1.807) is 0 Å². The molecular formula is C14H15N3O. The molecule has 0 N–H and O–H groups in total. The number of Topliss-reactive ketones (excluding diaryl/α,β-unsaturated/α-hetero) is 1. The summed E-state index contributed by atoms with van der Waals surface area (Å²) in [7, 11) is 0. The standard InChI is InChI=1S/C14H15N3O/c1-3-11(2)9-14(18)13-10-15-17(16-13)12-7-5-4-6-8-12/h4-8,10H,2-3,9H2,1H3. The van der Waals surface area contributed by atoms with E-state index in [4.69, 9.17) is 0 Å². The molecular weight excluding hydrogens is 226 g/mol. The Morgan fingerprint density at radius 2 is 2.06 bits per heavy atom. The van der Waals surface area contributed by atoms with Gasteiger partial charge in [0.2, 0.25) is 0 Å². The molecule has 0 radical (unpaired) electrons. The van der Waals surface area contributed by atoms with E-state index in [2.05, 4.69) is 16.8 Å². The number of aromatic nitrogens is 3. The number of hydrogen-bond donors (Lipinski definition) is 0. The highest BCUT2D eigenvalue weighted by molar-refractivity contribution is 5.95. The second-order valence-electron chi connectivity index (χ2n) is 4.06. The van der Waals surface area contributed by atoms with Crippen LogP contribution in [0.2, 0.25) is 0 Å². The fourth-order valence-corrected chi connectivity index (χ4v) is 1.52. The minimum atomic E-state index is -0.0379. The summed E-state index contributed by atoms with van der Waals surface area (Å²) in [5, 5.41) is 8.28. The van der Waals surface area contributed by atoms with Gasteiger partial charge in [0.05, 0.1) is 11.9 Å². The summed E-state index contributed by atoms with van der Waals surface area (Å²) in [6, 6.07) is 9.50. The van der Waals surface area contributed by atoms with Gasteiger partial charge in [-0.1, -0.05) is 37.3 Å². The number of allylic oxidation sites excluding steroid dienone is 1. The van der Waals surface area contributed by atoms with Crippen LogP contribution < -0.4 is 0 Å². The Bertz CT molecular complexity index is 557. The van der Waals surface area contributed by atoms with Crippen LogP contribution in [0.15, 0.2) is 48.7 Å². The minimum absolute atomic E-state index is 0.0379. The van der Waals surface area contributed by atoms with E-state index in [9.17, 15) is 4.79 Å². The quantitative estimate of drug-likeness (QED) is 0.597. The van der Waals surface area contributed by atoms with E-state index >= 15 is 0 Å². The van der Waals surface area contributed by atoms with Gasteiger partial charge in [-0.05, 0) is 18.6 Å². The van der Waals surface area contributed by atoms with Crippen molar-refractivity contribution in [2.75, 3.05) is 0 Å².